The maximum Gasteiger partial charge on any atom is 0.208 e. The second-order valence-corrected chi connectivity index (χ2v) is 5.38. The molecule has 1 heterocycles. The van der Waals surface area contributed by atoms with Crippen LogP contribution in [0.4, 0.5) is 0 Å². The second kappa shape index (κ2) is 7.85. The highest BCUT2D eigenvalue weighted by atomic mass is 15.4. The van der Waals surface area contributed by atoms with Gasteiger partial charge in [-0.15, -0.1) is 0 Å². The number of guanidine groups is 1. The summed E-state index contributed by atoms with van der Waals surface area (Å²) in [4.78, 5) is 11.2. The van der Waals surface area contributed by atoms with Gasteiger partial charge in [0.1, 0.15) is 0 Å². The summed E-state index contributed by atoms with van der Waals surface area (Å²) in [6.45, 7) is 0.854. The van der Waals surface area contributed by atoms with Gasteiger partial charge in [0.25, 0.3) is 0 Å². The molecule has 5 heteroatoms. The first-order chi connectivity index (χ1) is 9.79. The van der Waals surface area contributed by atoms with Crippen molar-refractivity contribution >= 4 is 5.96 Å². The first-order valence-corrected chi connectivity index (χ1v) is 7.45. The minimum atomic E-state index is 0.423. The lowest BCUT2D eigenvalue weighted by molar-refractivity contribution is 0.425. The van der Waals surface area contributed by atoms with Crippen LogP contribution in [0.25, 0.3) is 0 Å². The quantitative estimate of drug-likeness (QED) is 0.380. The largest absolute Gasteiger partial charge is 0.345 e. The van der Waals surface area contributed by atoms with E-state index in [0.29, 0.717) is 6.04 Å². The Balaban J connectivity index is 1.87. The third-order valence-electron chi connectivity index (χ3n) is 3.80. The van der Waals surface area contributed by atoms with Crippen LogP contribution in [0.5, 0.6) is 0 Å². The molecule has 5 nitrogen and oxygen atoms in total. The molecule has 1 aromatic heterocycles. The van der Waals surface area contributed by atoms with Gasteiger partial charge in [-0.05, 0) is 25.0 Å². The molecule has 0 atom stereocenters. The Labute approximate surface area is 121 Å². The van der Waals surface area contributed by atoms with Crippen LogP contribution in [0.1, 0.15) is 37.8 Å². The normalized spacial score (nSPS) is 17.0. The van der Waals surface area contributed by atoms with Crippen molar-refractivity contribution in [2.45, 2.75) is 44.6 Å². The van der Waals surface area contributed by atoms with E-state index in [1.165, 1.54) is 32.1 Å². The van der Waals surface area contributed by atoms with Crippen LogP contribution in [0.15, 0.2) is 29.4 Å². The number of nitrogens with two attached hydrogens (primary N) is 1. The van der Waals surface area contributed by atoms with Crippen LogP contribution in [-0.2, 0) is 6.42 Å². The molecule has 1 aromatic rings. The number of nitrogens with zero attached hydrogens (tertiary/aromatic N) is 3. The molecule has 0 aromatic carbocycles. The molecule has 0 unspecified atom stereocenters. The summed E-state index contributed by atoms with van der Waals surface area (Å²) in [5, 5.41) is 0. The fraction of sp³-hybridized carbons (Fsp3) is 0.600. The van der Waals surface area contributed by atoms with Crippen LogP contribution >= 0.6 is 0 Å². The van der Waals surface area contributed by atoms with E-state index in [1.54, 1.807) is 0 Å². The molecule has 1 aliphatic rings. The van der Waals surface area contributed by atoms with Gasteiger partial charge in [0.05, 0.1) is 6.04 Å². The highest BCUT2D eigenvalue weighted by molar-refractivity contribution is 5.79. The Morgan fingerprint density at radius 2 is 2.20 bits per heavy atom. The predicted octanol–water partition coefficient (Wildman–Crippen LogP) is 1.71. The Morgan fingerprint density at radius 1 is 1.40 bits per heavy atom. The first kappa shape index (κ1) is 14.8. The zero-order valence-electron chi connectivity index (χ0n) is 12.3. The summed E-state index contributed by atoms with van der Waals surface area (Å²) in [7, 11) is 2.02. The Bertz CT molecular complexity index is 412. The van der Waals surface area contributed by atoms with E-state index in [9.17, 15) is 0 Å². The van der Waals surface area contributed by atoms with E-state index >= 15 is 0 Å². The molecule has 1 saturated carbocycles. The van der Waals surface area contributed by atoms with Gasteiger partial charge in [0.15, 0.2) is 0 Å². The summed E-state index contributed by atoms with van der Waals surface area (Å²) in [5.41, 5.74) is 3.83. The molecule has 0 spiro atoms. The van der Waals surface area contributed by atoms with Crippen molar-refractivity contribution < 1.29 is 0 Å². The number of aromatic nitrogens is 1. The van der Waals surface area contributed by atoms with E-state index in [-0.39, 0.29) is 0 Å². The highest BCUT2D eigenvalue weighted by Gasteiger charge is 2.14. The predicted molar refractivity (Wildman–Crippen MR) is 82.2 cm³/mol. The van der Waals surface area contributed by atoms with Crippen molar-refractivity contribution in [1.29, 1.82) is 0 Å². The third-order valence-corrected chi connectivity index (χ3v) is 3.80. The average molecular weight is 275 g/mol. The number of hydrogen-bond acceptors (Lipinski definition) is 3. The van der Waals surface area contributed by atoms with Gasteiger partial charge in [-0.2, -0.15) is 0 Å². The van der Waals surface area contributed by atoms with Gasteiger partial charge in [-0.1, -0.05) is 25.3 Å². The zero-order chi connectivity index (χ0) is 14.2. The van der Waals surface area contributed by atoms with E-state index in [1.807, 2.05) is 31.4 Å². The molecule has 0 saturated heterocycles. The van der Waals surface area contributed by atoms with Crippen LogP contribution in [0, 0.1) is 0 Å². The van der Waals surface area contributed by atoms with Gasteiger partial charge in [-0.3, -0.25) is 10.4 Å². The second-order valence-electron chi connectivity index (χ2n) is 5.38. The van der Waals surface area contributed by atoms with Gasteiger partial charge in [-0.25, -0.2) is 10.8 Å². The minimum absolute atomic E-state index is 0.423. The molecule has 1 aliphatic carbocycles. The van der Waals surface area contributed by atoms with E-state index in [4.69, 9.17) is 10.8 Å². The maximum atomic E-state index is 5.62. The smallest absolute Gasteiger partial charge is 0.208 e. The fourth-order valence-electron chi connectivity index (χ4n) is 2.56. The zero-order valence-corrected chi connectivity index (χ0v) is 12.3. The Kier molecular flexibility index (Phi) is 5.80. The van der Waals surface area contributed by atoms with Crippen molar-refractivity contribution in [3.8, 4) is 0 Å². The summed E-state index contributed by atoms with van der Waals surface area (Å²) in [6.07, 6.45) is 8.98. The molecule has 0 amide bonds. The number of hydrogen-bond donors (Lipinski definition) is 2. The van der Waals surface area contributed by atoms with Crippen molar-refractivity contribution in [1.82, 2.24) is 15.3 Å². The van der Waals surface area contributed by atoms with Crippen molar-refractivity contribution in [2.24, 2.45) is 10.8 Å². The van der Waals surface area contributed by atoms with Gasteiger partial charge >= 0.3 is 0 Å². The Hall–Kier alpha value is -1.62. The molecule has 0 radical (unpaired) electrons. The molecule has 0 bridgehead atoms. The van der Waals surface area contributed by atoms with E-state index in [2.05, 4.69) is 15.3 Å². The lowest BCUT2D eigenvalue weighted by Crippen LogP contribution is -2.44. The van der Waals surface area contributed by atoms with Crippen LogP contribution in [-0.4, -0.2) is 35.5 Å². The topological polar surface area (TPSA) is 66.5 Å². The molecule has 3 N–H and O–H groups in total. The SMILES string of the molecule is CN(CCc1ccccn1)C(=NC1CCCCC1)NN. The number of nitrogens with one attached hydrogen (secondary N) is 1. The van der Waals surface area contributed by atoms with Gasteiger partial charge < -0.3 is 4.90 Å². The van der Waals surface area contributed by atoms with Crippen molar-refractivity contribution in [3.63, 3.8) is 0 Å². The van der Waals surface area contributed by atoms with Gasteiger partial charge in [0.2, 0.25) is 5.96 Å². The maximum absolute atomic E-state index is 5.62. The molecule has 2 rings (SSSR count). The lowest BCUT2D eigenvalue weighted by Gasteiger charge is -2.24. The number of aliphatic imine (C=N–C) groups is 1. The number of rotatable bonds is 4. The molecular formula is C15H25N5. The molecule has 110 valence electrons. The van der Waals surface area contributed by atoms with Gasteiger partial charge in [0, 0.05) is 31.9 Å². The van der Waals surface area contributed by atoms with Crippen molar-refractivity contribution in [2.75, 3.05) is 13.6 Å². The lowest BCUT2D eigenvalue weighted by atomic mass is 9.96. The Morgan fingerprint density at radius 3 is 2.85 bits per heavy atom. The summed E-state index contributed by atoms with van der Waals surface area (Å²) >= 11 is 0. The molecule has 1 fully saturated rings. The van der Waals surface area contributed by atoms with Crippen LogP contribution in [0.3, 0.4) is 0 Å². The first-order valence-electron chi connectivity index (χ1n) is 7.45. The highest BCUT2D eigenvalue weighted by Crippen LogP contribution is 2.20. The van der Waals surface area contributed by atoms with Crippen LogP contribution < -0.4 is 11.3 Å². The summed E-state index contributed by atoms with van der Waals surface area (Å²) in [5.74, 6) is 6.41. The summed E-state index contributed by atoms with van der Waals surface area (Å²) in [6, 6.07) is 6.42. The van der Waals surface area contributed by atoms with E-state index < -0.39 is 0 Å². The average Bonchev–Trinajstić information content (AvgIpc) is 2.52. The monoisotopic (exact) mass is 275 g/mol. The number of likely N-dealkylation sites (N-methyl/N-ethyl adjacent to an activating group) is 1. The number of hydrazine groups is 1. The molecule has 20 heavy (non-hydrogen) atoms. The molecular weight excluding hydrogens is 250 g/mol. The van der Waals surface area contributed by atoms with Crippen LogP contribution in [0.2, 0.25) is 0 Å². The van der Waals surface area contributed by atoms with E-state index in [0.717, 1.165) is 24.6 Å². The minimum Gasteiger partial charge on any atom is -0.345 e. The fourth-order valence-corrected chi connectivity index (χ4v) is 2.56. The molecule has 0 aliphatic heterocycles. The summed E-state index contributed by atoms with van der Waals surface area (Å²) < 4.78 is 0. The third kappa shape index (κ3) is 4.49. The number of pyridine rings is 1. The van der Waals surface area contributed by atoms with Crippen molar-refractivity contribution in [3.05, 3.63) is 30.1 Å². The standard InChI is InChI=1S/C15H25N5/c1-20(12-10-13-7-5-6-11-17-13)15(19-16)18-14-8-3-2-4-9-14/h5-7,11,14H,2-4,8-10,12,16H2,1H3,(H,18,19).